The number of amides is 3. The van der Waals surface area contributed by atoms with E-state index in [1.807, 2.05) is 0 Å². The molecule has 0 saturated carbocycles. The summed E-state index contributed by atoms with van der Waals surface area (Å²) in [5.74, 6) is -0.796. The van der Waals surface area contributed by atoms with Gasteiger partial charge in [-0.1, -0.05) is 0 Å². The van der Waals surface area contributed by atoms with Crippen molar-refractivity contribution in [3.05, 3.63) is 29.8 Å². The summed E-state index contributed by atoms with van der Waals surface area (Å²) in [4.78, 5) is 50.1. The zero-order valence-electron chi connectivity index (χ0n) is 15.0. The maximum Gasteiger partial charge on any atom is 0.306 e. The van der Waals surface area contributed by atoms with Gasteiger partial charge in [-0.15, -0.1) is 0 Å². The van der Waals surface area contributed by atoms with Crippen LogP contribution in [0.4, 0.5) is 5.69 Å². The SMILES string of the molecule is COC(=O)CCC(=O)N1CCN(C(=O)c2ccc(NC(C)=O)cc2)CC1. The Balaban J connectivity index is 1.85. The second-order valence-electron chi connectivity index (χ2n) is 6.01. The predicted octanol–water partition coefficient (Wildman–Crippen LogP) is 0.883. The molecule has 8 nitrogen and oxygen atoms in total. The van der Waals surface area contributed by atoms with E-state index in [9.17, 15) is 19.2 Å². The molecule has 1 aromatic rings. The summed E-state index contributed by atoms with van der Waals surface area (Å²) in [7, 11) is 1.29. The summed E-state index contributed by atoms with van der Waals surface area (Å²) >= 11 is 0. The molecule has 140 valence electrons. The molecular weight excluding hydrogens is 338 g/mol. The standard InChI is InChI=1S/C18H23N3O5/c1-13(22)19-15-5-3-14(4-6-15)18(25)21-11-9-20(10-12-21)16(23)7-8-17(24)26-2/h3-6H,7-12H2,1-2H3,(H,19,22). The van der Waals surface area contributed by atoms with E-state index in [2.05, 4.69) is 10.1 Å². The quantitative estimate of drug-likeness (QED) is 0.786. The third kappa shape index (κ3) is 5.30. The molecule has 0 radical (unpaired) electrons. The highest BCUT2D eigenvalue weighted by molar-refractivity contribution is 5.95. The molecule has 1 aliphatic rings. The average Bonchev–Trinajstić information content (AvgIpc) is 2.65. The van der Waals surface area contributed by atoms with E-state index in [-0.39, 0.29) is 30.6 Å². The van der Waals surface area contributed by atoms with Gasteiger partial charge in [-0.2, -0.15) is 0 Å². The molecule has 0 bridgehead atoms. The summed E-state index contributed by atoms with van der Waals surface area (Å²) in [6.45, 7) is 3.18. The van der Waals surface area contributed by atoms with Gasteiger partial charge in [0.05, 0.1) is 13.5 Å². The van der Waals surface area contributed by atoms with Crippen LogP contribution in [0.1, 0.15) is 30.1 Å². The molecule has 0 aromatic heterocycles. The van der Waals surface area contributed by atoms with Gasteiger partial charge in [-0.05, 0) is 24.3 Å². The second kappa shape index (κ2) is 8.98. The van der Waals surface area contributed by atoms with Crippen LogP contribution in [0.25, 0.3) is 0 Å². The Morgan fingerprint density at radius 1 is 0.962 bits per heavy atom. The Kier molecular flexibility index (Phi) is 6.71. The Morgan fingerprint density at radius 3 is 2.08 bits per heavy atom. The van der Waals surface area contributed by atoms with Crippen molar-refractivity contribution in [2.24, 2.45) is 0 Å². The fourth-order valence-electron chi connectivity index (χ4n) is 2.71. The van der Waals surface area contributed by atoms with Crippen LogP contribution < -0.4 is 5.32 Å². The molecule has 3 amide bonds. The number of hydrogen-bond acceptors (Lipinski definition) is 5. The van der Waals surface area contributed by atoms with E-state index in [0.717, 1.165) is 0 Å². The zero-order valence-corrected chi connectivity index (χ0v) is 15.0. The Bertz CT molecular complexity index is 679. The maximum atomic E-state index is 12.5. The van der Waals surface area contributed by atoms with Crippen molar-refractivity contribution in [3.63, 3.8) is 0 Å². The van der Waals surface area contributed by atoms with E-state index >= 15 is 0 Å². The van der Waals surface area contributed by atoms with Gasteiger partial charge in [0.2, 0.25) is 11.8 Å². The molecule has 0 spiro atoms. The topological polar surface area (TPSA) is 96.0 Å². The number of nitrogens with zero attached hydrogens (tertiary/aromatic N) is 2. The number of methoxy groups -OCH3 is 1. The lowest BCUT2D eigenvalue weighted by atomic mass is 10.1. The van der Waals surface area contributed by atoms with E-state index in [4.69, 9.17) is 0 Å². The Morgan fingerprint density at radius 2 is 1.54 bits per heavy atom. The van der Waals surface area contributed by atoms with Crippen LogP contribution in [-0.2, 0) is 19.1 Å². The highest BCUT2D eigenvalue weighted by atomic mass is 16.5. The number of rotatable bonds is 5. The molecule has 26 heavy (non-hydrogen) atoms. The van der Waals surface area contributed by atoms with Gasteiger partial charge in [0.25, 0.3) is 5.91 Å². The van der Waals surface area contributed by atoms with E-state index in [1.54, 1.807) is 34.1 Å². The number of piperazine rings is 1. The lowest BCUT2D eigenvalue weighted by Gasteiger charge is -2.34. The molecule has 2 rings (SSSR count). The molecule has 1 aliphatic heterocycles. The number of nitrogens with one attached hydrogen (secondary N) is 1. The van der Waals surface area contributed by atoms with E-state index in [1.165, 1.54) is 14.0 Å². The number of esters is 1. The summed E-state index contributed by atoms with van der Waals surface area (Å²) in [6.07, 6.45) is 0.181. The minimum absolute atomic E-state index is 0.0646. The van der Waals surface area contributed by atoms with Crippen molar-refractivity contribution >= 4 is 29.4 Å². The van der Waals surface area contributed by atoms with Crippen molar-refractivity contribution in [2.45, 2.75) is 19.8 Å². The molecule has 1 fully saturated rings. The number of hydrogen-bond donors (Lipinski definition) is 1. The van der Waals surface area contributed by atoms with Gasteiger partial charge in [0.15, 0.2) is 0 Å². The van der Waals surface area contributed by atoms with Gasteiger partial charge in [0.1, 0.15) is 0 Å². The van der Waals surface area contributed by atoms with Gasteiger partial charge in [-0.3, -0.25) is 19.2 Å². The van der Waals surface area contributed by atoms with Crippen molar-refractivity contribution in [1.82, 2.24) is 9.80 Å². The summed E-state index contributed by atoms with van der Waals surface area (Å²) < 4.78 is 4.53. The van der Waals surface area contributed by atoms with Crippen molar-refractivity contribution in [1.29, 1.82) is 0 Å². The van der Waals surface area contributed by atoms with Crippen LogP contribution in [0, 0.1) is 0 Å². The average molecular weight is 361 g/mol. The van der Waals surface area contributed by atoms with Crippen LogP contribution in [0.15, 0.2) is 24.3 Å². The first-order chi connectivity index (χ1) is 12.4. The number of ether oxygens (including phenoxy) is 1. The third-order valence-electron chi connectivity index (χ3n) is 4.14. The van der Waals surface area contributed by atoms with Crippen molar-refractivity contribution < 1.29 is 23.9 Å². The van der Waals surface area contributed by atoms with Gasteiger partial charge >= 0.3 is 5.97 Å². The minimum atomic E-state index is -0.408. The molecule has 0 unspecified atom stereocenters. The molecule has 1 saturated heterocycles. The predicted molar refractivity (Wildman–Crippen MR) is 94.5 cm³/mol. The second-order valence-corrected chi connectivity index (χ2v) is 6.01. The van der Waals surface area contributed by atoms with Gasteiger partial charge in [-0.25, -0.2) is 0 Å². The number of anilines is 1. The minimum Gasteiger partial charge on any atom is -0.469 e. The van der Waals surface area contributed by atoms with Crippen molar-refractivity contribution in [3.8, 4) is 0 Å². The normalized spacial score (nSPS) is 13.9. The number of benzene rings is 1. The molecule has 0 aliphatic carbocycles. The third-order valence-corrected chi connectivity index (χ3v) is 4.14. The van der Waals surface area contributed by atoms with E-state index < -0.39 is 5.97 Å². The zero-order chi connectivity index (χ0) is 19.1. The van der Waals surface area contributed by atoms with Crippen LogP contribution in [0.5, 0.6) is 0 Å². The number of carbonyl (C=O) groups excluding carboxylic acids is 4. The Hall–Kier alpha value is -2.90. The summed E-state index contributed by atoms with van der Waals surface area (Å²) in [5, 5.41) is 2.65. The molecule has 1 aromatic carbocycles. The first-order valence-electron chi connectivity index (χ1n) is 8.42. The first-order valence-corrected chi connectivity index (χ1v) is 8.42. The van der Waals surface area contributed by atoms with Crippen LogP contribution in [-0.4, -0.2) is 66.8 Å². The maximum absolute atomic E-state index is 12.5. The highest BCUT2D eigenvalue weighted by Gasteiger charge is 2.25. The van der Waals surface area contributed by atoms with E-state index in [0.29, 0.717) is 37.4 Å². The summed E-state index contributed by atoms with van der Waals surface area (Å²) in [6, 6.07) is 6.70. The molecule has 1 N–H and O–H groups in total. The fourth-order valence-corrected chi connectivity index (χ4v) is 2.71. The molecule has 1 heterocycles. The number of carbonyl (C=O) groups is 4. The van der Waals surface area contributed by atoms with Crippen LogP contribution in [0.2, 0.25) is 0 Å². The van der Waals surface area contributed by atoms with Gasteiger partial charge in [0, 0.05) is 50.8 Å². The van der Waals surface area contributed by atoms with Gasteiger partial charge < -0.3 is 19.9 Å². The summed E-state index contributed by atoms with van der Waals surface area (Å²) in [5.41, 5.74) is 1.17. The monoisotopic (exact) mass is 361 g/mol. The van der Waals surface area contributed by atoms with Crippen LogP contribution in [0.3, 0.4) is 0 Å². The first kappa shape index (κ1) is 19.4. The molecular formula is C18H23N3O5. The Labute approximate surface area is 152 Å². The lowest BCUT2D eigenvalue weighted by molar-refractivity contribution is -0.144. The van der Waals surface area contributed by atoms with Crippen LogP contribution >= 0.6 is 0 Å². The van der Waals surface area contributed by atoms with Crippen molar-refractivity contribution in [2.75, 3.05) is 38.6 Å². The largest absolute Gasteiger partial charge is 0.469 e. The lowest BCUT2D eigenvalue weighted by Crippen LogP contribution is -2.50. The smallest absolute Gasteiger partial charge is 0.306 e. The fraction of sp³-hybridized carbons (Fsp3) is 0.444. The molecule has 0 atom stereocenters. The molecule has 8 heteroatoms. The highest BCUT2D eigenvalue weighted by Crippen LogP contribution is 2.14.